The van der Waals surface area contributed by atoms with E-state index in [0.717, 1.165) is 11.1 Å². The van der Waals surface area contributed by atoms with E-state index < -0.39 is 22.8 Å². The summed E-state index contributed by atoms with van der Waals surface area (Å²) in [6, 6.07) is 9.66. The van der Waals surface area contributed by atoms with Gasteiger partial charge in [0.2, 0.25) is 0 Å². The van der Waals surface area contributed by atoms with Gasteiger partial charge in [0.15, 0.2) is 11.2 Å². The Bertz CT molecular complexity index is 897. The highest BCUT2D eigenvalue weighted by Gasteiger charge is 2.63. The van der Waals surface area contributed by atoms with Gasteiger partial charge < -0.3 is 9.47 Å². The molecule has 2 aliphatic rings. The molecule has 1 saturated carbocycles. The van der Waals surface area contributed by atoms with Crippen molar-refractivity contribution in [2.75, 3.05) is 14.2 Å². The van der Waals surface area contributed by atoms with E-state index in [2.05, 4.69) is 6.58 Å². The van der Waals surface area contributed by atoms with E-state index in [4.69, 9.17) is 9.47 Å². The Balaban J connectivity index is 2.20. The molecule has 0 saturated heterocycles. The van der Waals surface area contributed by atoms with Crippen molar-refractivity contribution in [1.29, 1.82) is 0 Å². The standard InChI is InChI=1S/C24H26O5/c1-15-11-23(12-16(2)20(15)25)14-24(21(26)28-4,22(27)29-5)13-19(23)17(3)18-9-7-6-8-10-18/h6-12,19H,3,13-14H2,1-2,4-5H3. The Labute approximate surface area is 171 Å². The summed E-state index contributed by atoms with van der Waals surface area (Å²) in [5.74, 6) is -1.56. The zero-order chi connectivity index (χ0) is 21.4. The first kappa shape index (κ1) is 20.8. The van der Waals surface area contributed by atoms with Crippen LogP contribution in [0.15, 0.2) is 60.2 Å². The third-order valence-electron chi connectivity index (χ3n) is 6.21. The molecule has 1 unspecified atom stereocenters. The first-order chi connectivity index (χ1) is 13.7. The molecule has 1 aromatic rings. The monoisotopic (exact) mass is 394 g/mol. The zero-order valence-corrected chi connectivity index (χ0v) is 17.3. The predicted octanol–water partition coefficient (Wildman–Crippen LogP) is 3.90. The Kier molecular flexibility index (Phi) is 5.35. The number of ketones is 1. The molecule has 0 aliphatic heterocycles. The van der Waals surface area contributed by atoms with Crippen molar-refractivity contribution < 1.29 is 23.9 Å². The maximum atomic E-state index is 12.8. The number of carbonyl (C=O) groups is 3. The molecule has 3 rings (SSSR count). The molecule has 0 radical (unpaired) electrons. The third-order valence-corrected chi connectivity index (χ3v) is 6.21. The maximum Gasteiger partial charge on any atom is 0.323 e. The topological polar surface area (TPSA) is 69.7 Å². The van der Waals surface area contributed by atoms with Crippen LogP contribution in [0.5, 0.6) is 0 Å². The van der Waals surface area contributed by atoms with Crippen molar-refractivity contribution in [1.82, 2.24) is 0 Å². The second-order valence-corrected chi connectivity index (χ2v) is 7.99. The molecule has 1 fully saturated rings. The second kappa shape index (κ2) is 7.47. The fourth-order valence-electron chi connectivity index (χ4n) is 4.94. The number of allylic oxidation sites excluding steroid dienone is 5. The second-order valence-electron chi connectivity index (χ2n) is 7.99. The normalized spacial score (nSPS) is 21.9. The van der Waals surface area contributed by atoms with Crippen molar-refractivity contribution in [3.8, 4) is 0 Å². The Morgan fingerprint density at radius 3 is 2.00 bits per heavy atom. The maximum absolute atomic E-state index is 12.8. The Hall–Kier alpha value is -2.95. The van der Waals surface area contributed by atoms with Crippen molar-refractivity contribution in [2.24, 2.45) is 16.7 Å². The minimum absolute atomic E-state index is 0.0339. The highest BCUT2D eigenvalue weighted by Crippen LogP contribution is 2.61. The van der Waals surface area contributed by atoms with Crippen LogP contribution in [0.1, 0.15) is 32.3 Å². The first-order valence-electron chi connectivity index (χ1n) is 9.55. The van der Waals surface area contributed by atoms with Crippen LogP contribution in [0.4, 0.5) is 0 Å². The van der Waals surface area contributed by atoms with Crippen LogP contribution in [-0.4, -0.2) is 31.9 Å². The molecule has 0 N–H and O–H groups in total. The van der Waals surface area contributed by atoms with Crippen LogP contribution < -0.4 is 0 Å². The number of hydrogen-bond donors (Lipinski definition) is 0. The van der Waals surface area contributed by atoms with Gasteiger partial charge in [0, 0.05) is 5.41 Å². The number of benzene rings is 1. The first-order valence-corrected chi connectivity index (χ1v) is 9.55. The lowest BCUT2D eigenvalue weighted by molar-refractivity contribution is -0.169. The van der Waals surface area contributed by atoms with Crippen molar-refractivity contribution in [3.05, 3.63) is 65.8 Å². The van der Waals surface area contributed by atoms with Crippen molar-refractivity contribution in [2.45, 2.75) is 26.7 Å². The molecule has 1 spiro atoms. The summed E-state index contributed by atoms with van der Waals surface area (Å²) in [7, 11) is 2.54. The predicted molar refractivity (Wildman–Crippen MR) is 110 cm³/mol. The van der Waals surface area contributed by atoms with Crippen LogP contribution in [0.2, 0.25) is 0 Å². The molecule has 0 heterocycles. The Morgan fingerprint density at radius 2 is 1.52 bits per heavy atom. The molecule has 2 aliphatic carbocycles. The number of ether oxygens (including phenoxy) is 2. The van der Waals surface area contributed by atoms with Crippen LogP contribution in [-0.2, 0) is 23.9 Å². The van der Waals surface area contributed by atoms with Gasteiger partial charge in [0.05, 0.1) is 14.2 Å². The smallest absolute Gasteiger partial charge is 0.323 e. The van der Waals surface area contributed by atoms with Gasteiger partial charge in [-0.15, -0.1) is 0 Å². The number of methoxy groups -OCH3 is 2. The number of Topliss-reactive ketones (excluding diaryl/α,β-unsaturated/α-hetero) is 1. The van der Waals surface area contributed by atoms with Gasteiger partial charge in [0.1, 0.15) is 0 Å². The third kappa shape index (κ3) is 3.24. The van der Waals surface area contributed by atoms with E-state index in [9.17, 15) is 14.4 Å². The molecular formula is C24H26O5. The van der Waals surface area contributed by atoms with Crippen LogP contribution in [0, 0.1) is 16.7 Å². The summed E-state index contributed by atoms with van der Waals surface area (Å²) in [4.78, 5) is 38.1. The average Bonchev–Trinajstić information content (AvgIpc) is 3.06. The SMILES string of the molecule is C=C(c1ccccc1)C1CC(C(=O)OC)(C(=O)OC)CC12C=C(C)C(=O)C(C)=C2. The summed E-state index contributed by atoms with van der Waals surface area (Å²) in [6.07, 6.45) is 4.13. The number of rotatable bonds is 4. The van der Waals surface area contributed by atoms with E-state index in [1.165, 1.54) is 14.2 Å². The number of esters is 2. The summed E-state index contributed by atoms with van der Waals surface area (Å²) in [5.41, 5.74) is 0.763. The largest absolute Gasteiger partial charge is 0.468 e. The van der Waals surface area contributed by atoms with Gasteiger partial charge in [-0.25, -0.2) is 0 Å². The molecule has 5 nitrogen and oxygen atoms in total. The highest BCUT2D eigenvalue weighted by molar-refractivity contribution is 6.09. The summed E-state index contributed by atoms with van der Waals surface area (Å²) >= 11 is 0. The van der Waals surface area contributed by atoms with Gasteiger partial charge in [0.25, 0.3) is 0 Å². The van der Waals surface area contributed by atoms with Crippen molar-refractivity contribution in [3.63, 3.8) is 0 Å². The van der Waals surface area contributed by atoms with Gasteiger partial charge >= 0.3 is 11.9 Å². The summed E-state index contributed by atoms with van der Waals surface area (Å²) in [5, 5.41) is 0. The number of carbonyl (C=O) groups excluding carboxylic acids is 3. The fraction of sp³-hybridized carbons (Fsp3) is 0.375. The van der Waals surface area contributed by atoms with E-state index >= 15 is 0 Å². The lowest BCUT2D eigenvalue weighted by atomic mass is 9.68. The molecule has 0 amide bonds. The fourth-order valence-corrected chi connectivity index (χ4v) is 4.94. The van der Waals surface area contributed by atoms with Gasteiger partial charge in [-0.05, 0) is 54.9 Å². The lowest BCUT2D eigenvalue weighted by Crippen LogP contribution is -2.40. The molecule has 5 heteroatoms. The molecule has 152 valence electrons. The van der Waals surface area contributed by atoms with Crippen LogP contribution >= 0.6 is 0 Å². The van der Waals surface area contributed by atoms with E-state index in [-0.39, 0.29) is 24.5 Å². The summed E-state index contributed by atoms with van der Waals surface area (Å²) in [6.45, 7) is 7.84. The molecule has 29 heavy (non-hydrogen) atoms. The zero-order valence-electron chi connectivity index (χ0n) is 17.3. The number of hydrogen-bond acceptors (Lipinski definition) is 5. The van der Waals surface area contributed by atoms with Crippen LogP contribution in [0.3, 0.4) is 0 Å². The molecule has 1 atom stereocenters. The lowest BCUT2D eigenvalue weighted by Gasteiger charge is -2.35. The quantitative estimate of drug-likeness (QED) is 0.572. The van der Waals surface area contributed by atoms with E-state index in [1.54, 1.807) is 13.8 Å². The Morgan fingerprint density at radius 1 is 1.00 bits per heavy atom. The minimum Gasteiger partial charge on any atom is -0.468 e. The van der Waals surface area contributed by atoms with Gasteiger partial charge in [-0.3, -0.25) is 14.4 Å². The van der Waals surface area contributed by atoms with Gasteiger partial charge in [-0.1, -0.05) is 49.1 Å². The van der Waals surface area contributed by atoms with E-state index in [0.29, 0.717) is 11.1 Å². The van der Waals surface area contributed by atoms with E-state index in [1.807, 2.05) is 42.5 Å². The average molecular weight is 394 g/mol. The van der Waals surface area contributed by atoms with Crippen molar-refractivity contribution >= 4 is 23.3 Å². The minimum atomic E-state index is -1.46. The molecule has 0 aromatic heterocycles. The van der Waals surface area contributed by atoms with Crippen LogP contribution in [0.25, 0.3) is 5.57 Å². The van der Waals surface area contributed by atoms with Gasteiger partial charge in [-0.2, -0.15) is 0 Å². The summed E-state index contributed by atoms with van der Waals surface area (Å²) < 4.78 is 10.1. The highest BCUT2D eigenvalue weighted by atomic mass is 16.5. The molecular weight excluding hydrogens is 368 g/mol. The molecule has 0 bridgehead atoms. The molecule has 1 aromatic carbocycles.